The summed E-state index contributed by atoms with van der Waals surface area (Å²) in [7, 11) is 0. The maximum atomic E-state index is 10.4. The molecule has 0 saturated carbocycles. The second kappa shape index (κ2) is 4.24. The van der Waals surface area contributed by atoms with Crippen molar-refractivity contribution >= 4 is 11.3 Å². The van der Waals surface area contributed by atoms with Gasteiger partial charge in [-0.05, 0) is 50.1 Å². The zero-order valence-corrected chi connectivity index (χ0v) is 10.1. The highest BCUT2D eigenvalue weighted by atomic mass is 32.1. The van der Waals surface area contributed by atoms with Crippen molar-refractivity contribution in [3.63, 3.8) is 0 Å². The van der Waals surface area contributed by atoms with Crippen molar-refractivity contribution in [2.24, 2.45) is 0 Å². The molecule has 0 aliphatic carbocycles. The maximum Gasteiger partial charge on any atom is 0.117 e. The standard InChI is InChI=1S/C12H18O2S/c1-9-5-8-15-10(9)11(13)12(2)6-3-4-7-14-12/h5,8,11,13H,3-4,6-7H2,1-2H3. The Kier molecular flexibility index (Phi) is 3.14. The Morgan fingerprint density at radius 1 is 1.53 bits per heavy atom. The van der Waals surface area contributed by atoms with Crippen molar-refractivity contribution in [1.82, 2.24) is 0 Å². The van der Waals surface area contributed by atoms with Gasteiger partial charge in [0.25, 0.3) is 0 Å². The van der Waals surface area contributed by atoms with Crippen LogP contribution in [0.5, 0.6) is 0 Å². The lowest BCUT2D eigenvalue weighted by Crippen LogP contribution is -2.39. The predicted molar refractivity (Wildman–Crippen MR) is 62.2 cm³/mol. The number of hydrogen-bond donors (Lipinski definition) is 1. The van der Waals surface area contributed by atoms with Crippen LogP contribution in [0.3, 0.4) is 0 Å². The molecule has 0 bridgehead atoms. The van der Waals surface area contributed by atoms with E-state index in [1.165, 1.54) is 5.56 Å². The van der Waals surface area contributed by atoms with Crippen molar-refractivity contribution < 1.29 is 9.84 Å². The molecule has 3 heteroatoms. The lowest BCUT2D eigenvalue weighted by atomic mass is 9.88. The van der Waals surface area contributed by atoms with E-state index in [9.17, 15) is 5.11 Å². The van der Waals surface area contributed by atoms with Crippen LogP contribution in [0.1, 0.15) is 42.7 Å². The van der Waals surface area contributed by atoms with Gasteiger partial charge in [-0.15, -0.1) is 11.3 Å². The van der Waals surface area contributed by atoms with Gasteiger partial charge in [-0.2, -0.15) is 0 Å². The topological polar surface area (TPSA) is 29.5 Å². The van der Waals surface area contributed by atoms with Gasteiger partial charge in [0.05, 0.1) is 5.60 Å². The number of aliphatic hydroxyl groups excluding tert-OH is 1. The quantitative estimate of drug-likeness (QED) is 0.840. The van der Waals surface area contributed by atoms with Gasteiger partial charge in [0, 0.05) is 11.5 Å². The van der Waals surface area contributed by atoms with Crippen LogP contribution >= 0.6 is 11.3 Å². The summed E-state index contributed by atoms with van der Waals surface area (Å²) in [4.78, 5) is 1.06. The number of thiophene rings is 1. The summed E-state index contributed by atoms with van der Waals surface area (Å²) in [5.74, 6) is 0. The van der Waals surface area contributed by atoms with Gasteiger partial charge in [0.2, 0.25) is 0 Å². The molecule has 1 aliphatic heterocycles. The molecule has 2 heterocycles. The highest BCUT2D eigenvalue weighted by molar-refractivity contribution is 7.10. The van der Waals surface area contributed by atoms with Crippen LogP contribution in [-0.4, -0.2) is 17.3 Å². The van der Waals surface area contributed by atoms with E-state index in [0.717, 1.165) is 30.7 Å². The Bertz CT molecular complexity index is 326. The van der Waals surface area contributed by atoms with Crippen LogP contribution in [0.15, 0.2) is 11.4 Å². The molecule has 1 aliphatic rings. The monoisotopic (exact) mass is 226 g/mol. The molecule has 1 N–H and O–H groups in total. The summed E-state index contributed by atoms with van der Waals surface area (Å²) in [6.07, 6.45) is 2.74. The Hall–Kier alpha value is -0.380. The number of aryl methyl sites for hydroxylation is 1. The molecule has 1 fully saturated rings. The smallest absolute Gasteiger partial charge is 0.117 e. The predicted octanol–water partition coefficient (Wildman–Crippen LogP) is 3.05. The molecule has 15 heavy (non-hydrogen) atoms. The summed E-state index contributed by atoms with van der Waals surface area (Å²) < 4.78 is 5.76. The lowest BCUT2D eigenvalue weighted by Gasteiger charge is -2.37. The molecule has 0 radical (unpaired) electrons. The van der Waals surface area contributed by atoms with Gasteiger partial charge < -0.3 is 9.84 Å². The fraction of sp³-hybridized carbons (Fsp3) is 0.667. The lowest BCUT2D eigenvalue weighted by molar-refractivity contribution is -0.137. The normalized spacial score (nSPS) is 29.0. The summed E-state index contributed by atoms with van der Waals surface area (Å²) in [5.41, 5.74) is 0.788. The zero-order valence-electron chi connectivity index (χ0n) is 9.32. The third kappa shape index (κ3) is 2.10. The van der Waals surface area contributed by atoms with Crippen molar-refractivity contribution in [2.45, 2.75) is 44.8 Å². The van der Waals surface area contributed by atoms with E-state index >= 15 is 0 Å². The molecule has 0 spiro atoms. The third-order valence-electron chi connectivity index (χ3n) is 3.23. The molecule has 2 rings (SSSR count). The molecular formula is C12H18O2S. The van der Waals surface area contributed by atoms with Crippen LogP contribution in [0.25, 0.3) is 0 Å². The third-order valence-corrected chi connectivity index (χ3v) is 4.30. The van der Waals surface area contributed by atoms with Gasteiger partial charge in [-0.3, -0.25) is 0 Å². The largest absolute Gasteiger partial charge is 0.385 e. The molecule has 1 aromatic heterocycles. The Morgan fingerprint density at radius 2 is 2.33 bits per heavy atom. The van der Waals surface area contributed by atoms with E-state index in [0.29, 0.717) is 0 Å². The first-order valence-electron chi connectivity index (χ1n) is 5.49. The van der Waals surface area contributed by atoms with Crippen LogP contribution < -0.4 is 0 Å². The molecule has 2 nitrogen and oxygen atoms in total. The summed E-state index contributed by atoms with van der Waals surface area (Å²) >= 11 is 1.62. The van der Waals surface area contributed by atoms with Gasteiger partial charge in [0.15, 0.2) is 0 Å². The highest BCUT2D eigenvalue weighted by Crippen LogP contribution is 2.39. The van der Waals surface area contributed by atoms with Crippen molar-refractivity contribution in [3.8, 4) is 0 Å². The average Bonchev–Trinajstić information content (AvgIpc) is 2.64. The van der Waals surface area contributed by atoms with Crippen molar-refractivity contribution in [1.29, 1.82) is 0 Å². The molecular weight excluding hydrogens is 208 g/mol. The molecule has 2 atom stereocenters. The maximum absolute atomic E-state index is 10.4. The number of hydrogen-bond acceptors (Lipinski definition) is 3. The van der Waals surface area contributed by atoms with Crippen LogP contribution in [-0.2, 0) is 4.74 Å². The molecule has 0 aromatic carbocycles. The van der Waals surface area contributed by atoms with Gasteiger partial charge in [-0.1, -0.05) is 0 Å². The number of rotatable bonds is 2. The van der Waals surface area contributed by atoms with E-state index < -0.39 is 6.10 Å². The minimum atomic E-state index is -0.474. The second-order valence-electron chi connectivity index (χ2n) is 4.49. The molecule has 1 saturated heterocycles. The van der Waals surface area contributed by atoms with Gasteiger partial charge in [0.1, 0.15) is 6.10 Å². The van der Waals surface area contributed by atoms with E-state index in [4.69, 9.17) is 4.74 Å². The minimum absolute atomic E-state index is 0.381. The number of ether oxygens (including phenoxy) is 1. The van der Waals surface area contributed by atoms with E-state index in [1.54, 1.807) is 11.3 Å². The Labute approximate surface area is 94.9 Å². The summed E-state index contributed by atoms with van der Waals surface area (Å²) in [6.45, 7) is 4.84. The molecule has 2 unspecified atom stereocenters. The van der Waals surface area contributed by atoms with E-state index in [2.05, 4.69) is 6.07 Å². The SMILES string of the molecule is Cc1ccsc1C(O)C1(C)CCCCO1. The van der Waals surface area contributed by atoms with E-state index in [-0.39, 0.29) is 5.60 Å². The first kappa shape index (κ1) is 11.1. The molecule has 84 valence electrons. The average molecular weight is 226 g/mol. The summed E-state index contributed by atoms with van der Waals surface area (Å²) in [5, 5.41) is 12.4. The minimum Gasteiger partial charge on any atom is -0.385 e. The van der Waals surface area contributed by atoms with Crippen LogP contribution in [0.2, 0.25) is 0 Å². The fourth-order valence-corrected chi connectivity index (χ4v) is 3.16. The van der Waals surface area contributed by atoms with Gasteiger partial charge >= 0.3 is 0 Å². The van der Waals surface area contributed by atoms with Crippen LogP contribution in [0, 0.1) is 6.92 Å². The van der Waals surface area contributed by atoms with Crippen LogP contribution in [0.4, 0.5) is 0 Å². The molecule has 1 aromatic rings. The van der Waals surface area contributed by atoms with Gasteiger partial charge in [-0.25, -0.2) is 0 Å². The zero-order chi connectivity index (χ0) is 10.9. The first-order chi connectivity index (χ1) is 7.13. The summed E-state index contributed by atoms with van der Waals surface area (Å²) in [6, 6.07) is 2.05. The second-order valence-corrected chi connectivity index (χ2v) is 5.44. The van der Waals surface area contributed by atoms with E-state index in [1.807, 2.05) is 19.2 Å². The van der Waals surface area contributed by atoms with Crippen molar-refractivity contribution in [3.05, 3.63) is 21.9 Å². The first-order valence-corrected chi connectivity index (χ1v) is 6.37. The Morgan fingerprint density at radius 3 is 2.87 bits per heavy atom. The molecule has 0 amide bonds. The number of aliphatic hydroxyl groups is 1. The fourth-order valence-electron chi connectivity index (χ4n) is 2.11. The Balaban J connectivity index is 2.19. The van der Waals surface area contributed by atoms with Crippen molar-refractivity contribution in [2.75, 3.05) is 6.61 Å². The highest BCUT2D eigenvalue weighted by Gasteiger charge is 2.37.